The number of aliphatic carboxylic acids is 2. The van der Waals surface area contributed by atoms with E-state index in [0.717, 1.165) is 16.2 Å². The highest BCUT2D eigenvalue weighted by Gasteiger charge is 2.54. The number of amidine groups is 2. The topological polar surface area (TPSA) is 250 Å². The van der Waals surface area contributed by atoms with Crippen molar-refractivity contribution in [1.29, 1.82) is 5.41 Å². The molecule has 40 heavy (non-hydrogen) atoms. The number of thiazole rings is 1. The minimum absolute atomic E-state index is 0.0234. The van der Waals surface area contributed by atoms with Crippen LogP contribution in [0.1, 0.15) is 19.0 Å². The third-order valence-corrected chi connectivity index (χ3v) is 8.95. The molecule has 0 saturated carbocycles. The van der Waals surface area contributed by atoms with Crippen molar-refractivity contribution >= 4 is 80.5 Å². The molecule has 0 aromatic carbocycles. The molecule has 1 aromatic heterocycles. The monoisotopic (exact) mass is 611 g/mol. The van der Waals surface area contributed by atoms with Crippen LogP contribution < -0.4 is 16.8 Å². The Labute approximate surface area is 239 Å². The summed E-state index contributed by atoms with van der Waals surface area (Å²) in [5.41, 5.74) is 11.7. The smallest absolute Gasteiger partial charge is 0.352 e. The van der Waals surface area contributed by atoms with Crippen molar-refractivity contribution in [2.24, 2.45) is 15.9 Å². The van der Waals surface area contributed by atoms with E-state index < -0.39 is 47.9 Å². The quantitative estimate of drug-likeness (QED) is 0.109. The van der Waals surface area contributed by atoms with Gasteiger partial charge in [-0.1, -0.05) is 16.9 Å². The number of nitrogens with zero attached hydrogens (tertiary/aromatic N) is 5. The van der Waals surface area contributed by atoms with E-state index in [9.17, 15) is 24.3 Å². The lowest BCUT2D eigenvalue weighted by Gasteiger charge is -2.49. The van der Waals surface area contributed by atoms with Crippen molar-refractivity contribution in [3.05, 3.63) is 22.3 Å². The largest absolute Gasteiger partial charge is 0.479 e. The number of carboxylic acids is 2. The fraction of sp³-hybridized carbons (Fsp3) is 0.429. The number of anilines is 1. The third kappa shape index (κ3) is 6.06. The highest BCUT2D eigenvalue weighted by molar-refractivity contribution is 8.14. The Bertz CT molecular complexity index is 1340. The van der Waals surface area contributed by atoms with Crippen LogP contribution in [0.25, 0.3) is 0 Å². The van der Waals surface area contributed by atoms with Gasteiger partial charge in [0.15, 0.2) is 16.0 Å². The summed E-state index contributed by atoms with van der Waals surface area (Å²) in [4.78, 5) is 65.0. The normalized spacial score (nSPS) is 22.9. The van der Waals surface area contributed by atoms with Crippen molar-refractivity contribution in [2.45, 2.75) is 30.9 Å². The van der Waals surface area contributed by atoms with Crippen LogP contribution in [0, 0.1) is 5.41 Å². The lowest BCUT2D eigenvalue weighted by Crippen LogP contribution is -2.71. The Morgan fingerprint density at radius 2 is 2.12 bits per heavy atom. The number of carbonyl (C=O) groups is 4. The molecule has 2 unspecified atom stereocenters. The molecule has 8 N–H and O–H groups in total. The molecule has 3 atom stereocenters. The SMILES string of the molecule is CCN1C(SCC2=C(C(=O)O)N3C(=O)C(NC(=O)C(=NOCC(=O)O)c4csc(N)n4)[C@@H]3SC2)=NC(=N)CC1N. The molecule has 2 amide bonds. The number of carboxylic acid groups (broad SMARTS) is 2. The summed E-state index contributed by atoms with van der Waals surface area (Å²) in [6.07, 6.45) is -0.0949. The van der Waals surface area contributed by atoms with Gasteiger partial charge in [0.25, 0.3) is 11.8 Å². The second-order valence-corrected chi connectivity index (χ2v) is 11.4. The highest BCUT2D eigenvalue weighted by atomic mass is 32.2. The fourth-order valence-corrected chi connectivity index (χ4v) is 7.24. The molecule has 0 bridgehead atoms. The summed E-state index contributed by atoms with van der Waals surface area (Å²) in [5.74, 6) is -3.49. The van der Waals surface area contributed by atoms with Gasteiger partial charge in [0.2, 0.25) is 6.61 Å². The zero-order valence-electron chi connectivity index (χ0n) is 20.9. The Hall–Kier alpha value is -3.68. The summed E-state index contributed by atoms with van der Waals surface area (Å²) in [5, 5.41) is 34.1. The van der Waals surface area contributed by atoms with Gasteiger partial charge >= 0.3 is 11.9 Å². The molecule has 3 aliphatic heterocycles. The van der Waals surface area contributed by atoms with Crippen LogP contribution in [0.3, 0.4) is 0 Å². The number of nitrogens with two attached hydrogens (primary N) is 2. The van der Waals surface area contributed by atoms with Crippen molar-refractivity contribution in [3.63, 3.8) is 0 Å². The van der Waals surface area contributed by atoms with Crippen molar-refractivity contribution in [3.8, 4) is 0 Å². The molecule has 19 heteroatoms. The Morgan fingerprint density at radius 3 is 2.75 bits per heavy atom. The number of rotatable bonds is 10. The van der Waals surface area contributed by atoms with Crippen LogP contribution in [0.5, 0.6) is 0 Å². The van der Waals surface area contributed by atoms with Crippen LogP contribution in [0.4, 0.5) is 5.13 Å². The number of carbonyl (C=O) groups excluding carboxylic acids is 2. The number of hydrogen-bond donors (Lipinski definition) is 6. The van der Waals surface area contributed by atoms with Crippen LogP contribution in [-0.2, 0) is 24.0 Å². The van der Waals surface area contributed by atoms with E-state index in [-0.39, 0.29) is 39.6 Å². The van der Waals surface area contributed by atoms with Gasteiger partial charge in [-0.3, -0.25) is 19.9 Å². The lowest BCUT2D eigenvalue weighted by atomic mass is 10.0. The highest BCUT2D eigenvalue weighted by Crippen LogP contribution is 2.41. The average Bonchev–Trinajstić information content (AvgIpc) is 3.32. The van der Waals surface area contributed by atoms with Gasteiger partial charge in [-0.05, 0) is 12.5 Å². The molecule has 3 aliphatic rings. The predicted octanol–water partition coefficient (Wildman–Crippen LogP) is -0.654. The van der Waals surface area contributed by atoms with E-state index in [0.29, 0.717) is 23.7 Å². The van der Waals surface area contributed by atoms with Gasteiger partial charge in [-0.2, -0.15) is 0 Å². The van der Waals surface area contributed by atoms with E-state index in [1.807, 2.05) is 11.8 Å². The molecular weight excluding hydrogens is 586 g/mol. The van der Waals surface area contributed by atoms with E-state index in [1.54, 1.807) is 0 Å². The van der Waals surface area contributed by atoms with Crippen molar-refractivity contribution in [1.82, 2.24) is 20.1 Å². The van der Waals surface area contributed by atoms with Gasteiger partial charge in [0.1, 0.15) is 28.6 Å². The van der Waals surface area contributed by atoms with E-state index in [1.165, 1.54) is 28.9 Å². The zero-order valence-corrected chi connectivity index (χ0v) is 23.3. The summed E-state index contributed by atoms with van der Waals surface area (Å²) in [6.45, 7) is 1.65. The number of hydrogen-bond acceptors (Lipinski definition) is 14. The van der Waals surface area contributed by atoms with E-state index in [4.69, 9.17) is 26.8 Å². The number of β-lactam (4-membered cyclic amide) rings is 1. The molecule has 214 valence electrons. The first-order chi connectivity index (χ1) is 19.0. The average molecular weight is 612 g/mol. The first kappa shape index (κ1) is 29.3. The van der Waals surface area contributed by atoms with Gasteiger partial charge in [0.05, 0.1) is 6.17 Å². The van der Waals surface area contributed by atoms with Gasteiger partial charge in [-0.15, -0.1) is 23.1 Å². The number of nitrogen functional groups attached to an aromatic ring is 1. The second-order valence-electron chi connectivity index (χ2n) is 8.48. The number of thioether (sulfide) groups is 2. The first-order valence-corrected chi connectivity index (χ1v) is 14.6. The summed E-state index contributed by atoms with van der Waals surface area (Å²) in [6, 6.07) is -1.07. The lowest BCUT2D eigenvalue weighted by molar-refractivity contribution is -0.150. The first-order valence-electron chi connectivity index (χ1n) is 11.7. The zero-order chi connectivity index (χ0) is 29.1. The van der Waals surface area contributed by atoms with Gasteiger partial charge in [0, 0.05) is 29.9 Å². The molecule has 4 heterocycles. The Kier molecular flexibility index (Phi) is 8.96. The molecular formula is C21H25N9O7S3. The van der Waals surface area contributed by atoms with Crippen LogP contribution in [0.2, 0.25) is 0 Å². The summed E-state index contributed by atoms with van der Waals surface area (Å²) in [7, 11) is 0. The van der Waals surface area contributed by atoms with Gasteiger partial charge < -0.3 is 36.7 Å². The van der Waals surface area contributed by atoms with Crippen molar-refractivity contribution < 1.29 is 34.2 Å². The van der Waals surface area contributed by atoms with E-state index in [2.05, 4.69) is 20.4 Å². The molecule has 16 nitrogen and oxygen atoms in total. The summed E-state index contributed by atoms with van der Waals surface area (Å²) < 4.78 is 0. The van der Waals surface area contributed by atoms with Gasteiger partial charge in [-0.25, -0.2) is 19.6 Å². The maximum absolute atomic E-state index is 13.1. The van der Waals surface area contributed by atoms with Crippen LogP contribution >= 0.6 is 34.9 Å². The molecule has 1 fully saturated rings. The molecule has 0 aliphatic carbocycles. The number of nitrogens with one attached hydrogen (secondary N) is 2. The molecule has 0 spiro atoms. The molecule has 1 aromatic rings. The third-order valence-electron chi connectivity index (χ3n) is 5.86. The standard InChI is InChI=1S/C21H25N9O7S3/c1-2-29-11(23)3-10(22)26-21(29)40-6-8-5-38-18-14(17(34)30(18)15(8)19(35)36)27-16(33)13(28-37-4-12(31)32)9-7-39-20(24)25-9/h7,11,14,18,22H,2-6,23H2,1H3,(H2,24,25)(H,27,33)(H,31,32)(H,35,36)/t11?,14?,18-/m0/s1. The minimum atomic E-state index is -1.31. The Morgan fingerprint density at radius 1 is 1.38 bits per heavy atom. The van der Waals surface area contributed by atoms with Crippen molar-refractivity contribution in [2.75, 3.05) is 30.4 Å². The number of aliphatic imine (C=N–C) groups is 1. The molecule has 4 rings (SSSR count). The number of fused-ring (bicyclic) bond motifs is 1. The van der Waals surface area contributed by atoms with Crippen LogP contribution in [-0.4, -0.2) is 108 Å². The maximum atomic E-state index is 13.1. The second kappa shape index (κ2) is 12.2. The molecule has 1 saturated heterocycles. The number of amides is 2. The van der Waals surface area contributed by atoms with E-state index >= 15 is 0 Å². The number of aromatic nitrogens is 1. The molecule has 0 radical (unpaired) electrons. The minimum Gasteiger partial charge on any atom is -0.479 e. The Balaban J connectivity index is 1.49. The predicted molar refractivity (Wildman–Crippen MR) is 149 cm³/mol. The fourth-order valence-electron chi connectivity index (χ4n) is 4.07. The maximum Gasteiger partial charge on any atom is 0.352 e. The van der Waals surface area contributed by atoms with Crippen LogP contribution in [0.15, 0.2) is 26.8 Å². The summed E-state index contributed by atoms with van der Waals surface area (Å²) >= 11 is 3.54. The number of oxime groups is 1.